The highest BCUT2D eigenvalue weighted by molar-refractivity contribution is 5.26. The van der Waals surface area contributed by atoms with Crippen molar-refractivity contribution in [1.82, 2.24) is 0 Å². The molecular formula is C13H11F3NO+. The van der Waals surface area contributed by atoms with Crippen LogP contribution in [-0.4, -0.2) is 5.21 Å². The van der Waals surface area contributed by atoms with E-state index in [1.807, 2.05) is 0 Å². The highest BCUT2D eigenvalue weighted by Gasteiger charge is 2.38. The number of alkyl halides is 3. The lowest BCUT2D eigenvalue weighted by molar-refractivity contribution is -0.909. The van der Waals surface area contributed by atoms with E-state index in [4.69, 9.17) is 0 Å². The third-order valence-electron chi connectivity index (χ3n) is 2.60. The molecular weight excluding hydrogens is 243 g/mol. The van der Waals surface area contributed by atoms with E-state index in [1.165, 1.54) is 6.20 Å². The zero-order chi connectivity index (χ0) is 13.2. The van der Waals surface area contributed by atoms with E-state index < -0.39 is 11.7 Å². The zero-order valence-corrected chi connectivity index (χ0v) is 9.35. The second-order valence-electron chi connectivity index (χ2n) is 3.87. The van der Waals surface area contributed by atoms with Crippen LogP contribution in [-0.2, 0) is 12.6 Å². The number of benzene rings is 1. The van der Waals surface area contributed by atoms with Crippen molar-refractivity contribution in [3.8, 4) is 0 Å². The monoisotopic (exact) mass is 254 g/mol. The molecule has 0 saturated carbocycles. The van der Waals surface area contributed by atoms with E-state index >= 15 is 0 Å². The van der Waals surface area contributed by atoms with Crippen molar-refractivity contribution in [2.24, 2.45) is 0 Å². The molecule has 2 aromatic rings. The van der Waals surface area contributed by atoms with E-state index in [2.05, 4.69) is 0 Å². The topological polar surface area (TPSA) is 24.1 Å². The van der Waals surface area contributed by atoms with Gasteiger partial charge in [0.15, 0.2) is 0 Å². The van der Waals surface area contributed by atoms with E-state index in [0.29, 0.717) is 10.3 Å². The summed E-state index contributed by atoms with van der Waals surface area (Å²) in [6.07, 6.45) is -3.27. The molecule has 0 aliphatic heterocycles. The summed E-state index contributed by atoms with van der Waals surface area (Å²) >= 11 is 0. The van der Waals surface area contributed by atoms with Gasteiger partial charge in [-0.3, -0.25) is 5.21 Å². The van der Waals surface area contributed by atoms with Gasteiger partial charge in [0.25, 0.3) is 5.69 Å². The fourth-order valence-corrected chi connectivity index (χ4v) is 1.75. The number of hydrogen-bond donors (Lipinski definition) is 1. The number of halogens is 3. The Morgan fingerprint density at radius 1 is 1.00 bits per heavy atom. The lowest BCUT2D eigenvalue weighted by Gasteiger charge is -2.08. The fraction of sp³-hybridized carbons (Fsp3) is 0.154. The van der Waals surface area contributed by atoms with Gasteiger partial charge in [-0.1, -0.05) is 30.3 Å². The SMILES string of the molecule is O[n+]1cccc(C(F)(F)F)c1Cc1ccccc1. The Kier molecular flexibility index (Phi) is 3.23. The van der Waals surface area contributed by atoms with Crippen molar-refractivity contribution >= 4 is 0 Å². The third kappa shape index (κ3) is 2.61. The molecule has 0 fully saturated rings. The number of pyridine rings is 1. The fourth-order valence-electron chi connectivity index (χ4n) is 1.75. The van der Waals surface area contributed by atoms with Crippen molar-refractivity contribution in [2.75, 3.05) is 0 Å². The summed E-state index contributed by atoms with van der Waals surface area (Å²) in [5.41, 5.74) is -0.287. The summed E-state index contributed by atoms with van der Waals surface area (Å²) in [6.45, 7) is 0. The Labute approximate surface area is 102 Å². The van der Waals surface area contributed by atoms with E-state index in [0.717, 1.165) is 12.1 Å². The van der Waals surface area contributed by atoms with Crippen LogP contribution in [0.4, 0.5) is 13.2 Å². The maximum absolute atomic E-state index is 12.8. The smallest absolute Gasteiger partial charge is 0.285 e. The van der Waals surface area contributed by atoms with Crippen molar-refractivity contribution in [3.05, 3.63) is 65.5 Å². The summed E-state index contributed by atoms with van der Waals surface area (Å²) in [5, 5.41) is 9.53. The first-order chi connectivity index (χ1) is 8.48. The summed E-state index contributed by atoms with van der Waals surface area (Å²) in [4.78, 5) is 0. The zero-order valence-electron chi connectivity index (χ0n) is 9.35. The summed E-state index contributed by atoms with van der Waals surface area (Å²) < 4.78 is 38.9. The predicted molar refractivity (Wildman–Crippen MR) is 58.1 cm³/mol. The molecule has 0 bridgehead atoms. The molecule has 0 unspecified atom stereocenters. The van der Waals surface area contributed by atoms with E-state index in [9.17, 15) is 18.4 Å². The first-order valence-corrected chi connectivity index (χ1v) is 5.32. The summed E-state index contributed by atoms with van der Waals surface area (Å²) in [5.74, 6) is 0. The number of hydrogen-bond acceptors (Lipinski definition) is 1. The molecule has 0 amide bonds. The van der Waals surface area contributed by atoms with Gasteiger partial charge in [0.05, 0.1) is 6.42 Å². The maximum Gasteiger partial charge on any atom is 0.422 e. The van der Waals surface area contributed by atoms with Crippen molar-refractivity contribution < 1.29 is 23.1 Å². The van der Waals surface area contributed by atoms with Gasteiger partial charge >= 0.3 is 6.18 Å². The maximum atomic E-state index is 12.8. The van der Waals surface area contributed by atoms with Gasteiger partial charge in [0.1, 0.15) is 5.56 Å². The molecule has 0 aliphatic carbocycles. The highest BCUT2D eigenvalue weighted by atomic mass is 19.4. The molecule has 1 aromatic heterocycles. The second-order valence-corrected chi connectivity index (χ2v) is 3.87. The van der Waals surface area contributed by atoms with Crippen LogP contribution in [0.15, 0.2) is 48.7 Å². The number of nitrogens with zero attached hydrogens (tertiary/aromatic N) is 1. The first-order valence-electron chi connectivity index (χ1n) is 5.32. The molecule has 0 aliphatic rings. The molecule has 5 heteroatoms. The van der Waals surface area contributed by atoms with Gasteiger partial charge in [-0.15, -0.1) is 0 Å². The Morgan fingerprint density at radius 3 is 2.28 bits per heavy atom. The lowest BCUT2D eigenvalue weighted by Crippen LogP contribution is -2.37. The normalized spacial score (nSPS) is 11.5. The molecule has 94 valence electrons. The van der Waals surface area contributed by atoms with E-state index in [1.54, 1.807) is 30.3 Å². The molecule has 1 N–H and O–H groups in total. The van der Waals surface area contributed by atoms with Crippen LogP contribution in [0.5, 0.6) is 0 Å². The average molecular weight is 254 g/mol. The molecule has 2 rings (SSSR count). The van der Waals surface area contributed by atoms with Gasteiger partial charge in [-0.05, 0) is 11.6 Å². The molecule has 0 radical (unpaired) electrons. The minimum absolute atomic E-state index is 0.0209. The van der Waals surface area contributed by atoms with Crippen LogP contribution < -0.4 is 4.73 Å². The van der Waals surface area contributed by atoms with Crippen LogP contribution in [0.2, 0.25) is 0 Å². The molecule has 0 spiro atoms. The van der Waals surface area contributed by atoms with Crippen molar-refractivity contribution in [2.45, 2.75) is 12.6 Å². The largest absolute Gasteiger partial charge is 0.422 e. The van der Waals surface area contributed by atoms with Gasteiger partial charge in [0.2, 0.25) is 6.20 Å². The van der Waals surface area contributed by atoms with Crippen LogP contribution >= 0.6 is 0 Å². The Balaban J connectivity index is 2.44. The third-order valence-corrected chi connectivity index (χ3v) is 2.60. The summed E-state index contributed by atoms with van der Waals surface area (Å²) in [6, 6.07) is 10.8. The van der Waals surface area contributed by atoms with Crippen LogP contribution in [0, 0.1) is 0 Å². The highest BCUT2D eigenvalue weighted by Crippen LogP contribution is 2.31. The lowest BCUT2D eigenvalue weighted by atomic mass is 10.0. The molecule has 1 aromatic carbocycles. The molecule has 0 saturated heterocycles. The van der Waals surface area contributed by atoms with E-state index in [-0.39, 0.29) is 12.1 Å². The van der Waals surface area contributed by atoms with Crippen LogP contribution in [0.3, 0.4) is 0 Å². The molecule has 2 nitrogen and oxygen atoms in total. The standard InChI is InChI=1S/C13H11F3NO/c14-13(15,16)11-7-4-8-17(18)12(11)9-10-5-2-1-3-6-10/h1-8,18H,9H2/q+1. The van der Waals surface area contributed by atoms with Gasteiger partial charge in [-0.2, -0.15) is 13.2 Å². The van der Waals surface area contributed by atoms with Gasteiger partial charge in [0, 0.05) is 10.8 Å². The Bertz CT molecular complexity index is 538. The summed E-state index contributed by atoms with van der Waals surface area (Å²) in [7, 11) is 0. The Morgan fingerprint density at radius 2 is 1.67 bits per heavy atom. The van der Waals surface area contributed by atoms with Gasteiger partial charge in [-0.25, -0.2) is 0 Å². The van der Waals surface area contributed by atoms with Crippen molar-refractivity contribution in [3.63, 3.8) is 0 Å². The van der Waals surface area contributed by atoms with Gasteiger partial charge < -0.3 is 0 Å². The first kappa shape index (κ1) is 12.4. The van der Waals surface area contributed by atoms with Crippen LogP contribution in [0.1, 0.15) is 16.8 Å². The molecule has 18 heavy (non-hydrogen) atoms. The minimum atomic E-state index is -4.48. The second kappa shape index (κ2) is 4.68. The number of rotatable bonds is 2. The van der Waals surface area contributed by atoms with Crippen LogP contribution in [0.25, 0.3) is 0 Å². The Hall–Kier alpha value is -2.04. The predicted octanol–water partition coefficient (Wildman–Crippen LogP) is 2.82. The minimum Gasteiger partial charge on any atom is -0.285 e. The number of aromatic nitrogens is 1. The molecule has 1 heterocycles. The van der Waals surface area contributed by atoms with Crippen molar-refractivity contribution in [1.29, 1.82) is 0 Å². The quantitative estimate of drug-likeness (QED) is 0.646. The molecule has 0 atom stereocenters. The average Bonchev–Trinajstić information content (AvgIpc) is 2.32.